The molecule has 3 atom stereocenters. The van der Waals surface area contributed by atoms with Gasteiger partial charge in [-0.05, 0) is 29.7 Å². The van der Waals surface area contributed by atoms with Gasteiger partial charge in [0, 0.05) is 5.56 Å². The summed E-state index contributed by atoms with van der Waals surface area (Å²) in [6, 6.07) is 1.88. The van der Waals surface area contributed by atoms with Gasteiger partial charge in [-0.2, -0.15) is 0 Å². The molecule has 0 amide bonds. The first-order valence-electron chi connectivity index (χ1n) is 6.22. The van der Waals surface area contributed by atoms with Gasteiger partial charge in [0.2, 0.25) is 0 Å². The number of aliphatic hydroxyl groups excluding tert-OH is 1. The predicted octanol–water partition coefficient (Wildman–Crippen LogP) is 3.78. The Labute approximate surface area is 97.7 Å². The fourth-order valence-corrected chi connectivity index (χ4v) is 3.39. The molecule has 1 aliphatic rings. The molecule has 1 saturated carbocycles. The molecule has 0 spiro atoms. The minimum Gasteiger partial charge on any atom is -0.472 e. The molecule has 2 rings (SSSR count). The molecule has 1 fully saturated rings. The van der Waals surface area contributed by atoms with Crippen LogP contribution in [0.1, 0.15) is 51.7 Å². The number of hydrogen-bond donors (Lipinski definition) is 1. The Kier molecular flexibility index (Phi) is 3.11. The zero-order valence-electron chi connectivity index (χ0n) is 10.4. The Morgan fingerprint density at radius 2 is 2.25 bits per heavy atom. The maximum Gasteiger partial charge on any atom is 0.0960 e. The van der Waals surface area contributed by atoms with Crippen LogP contribution in [0.3, 0.4) is 0 Å². The summed E-state index contributed by atoms with van der Waals surface area (Å²) in [5.74, 6) is 0.910. The third kappa shape index (κ3) is 2.03. The van der Waals surface area contributed by atoms with E-state index in [1.165, 1.54) is 19.3 Å². The topological polar surface area (TPSA) is 33.4 Å². The minimum atomic E-state index is -0.385. The maximum atomic E-state index is 10.5. The highest BCUT2D eigenvalue weighted by atomic mass is 16.3. The van der Waals surface area contributed by atoms with Crippen LogP contribution >= 0.6 is 0 Å². The first kappa shape index (κ1) is 11.7. The van der Waals surface area contributed by atoms with Gasteiger partial charge in [-0.1, -0.05) is 33.6 Å². The van der Waals surface area contributed by atoms with Gasteiger partial charge in [0.25, 0.3) is 0 Å². The van der Waals surface area contributed by atoms with Gasteiger partial charge in [0.1, 0.15) is 0 Å². The fourth-order valence-electron chi connectivity index (χ4n) is 3.39. The zero-order chi connectivity index (χ0) is 11.8. The van der Waals surface area contributed by atoms with Crippen molar-refractivity contribution in [1.82, 2.24) is 0 Å². The summed E-state index contributed by atoms with van der Waals surface area (Å²) in [5, 5.41) is 10.5. The van der Waals surface area contributed by atoms with Crippen molar-refractivity contribution in [2.75, 3.05) is 0 Å². The first-order valence-corrected chi connectivity index (χ1v) is 6.22. The van der Waals surface area contributed by atoms with Crippen molar-refractivity contribution in [3.63, 3.8) is 0 Å². The molecule has 0 bridgehead atoms. The molecular weight excluding hydrogens is 200 g/mol. The third-order valence-corrected chi connectivity index (χ3v) is 4.22. The molecule has 1 heterocycles. The van der Waals surface area contributed by atoms with Crippen molar-refractivity contribution in [2.24, 2.45) is 17.3 Å². The van der Waals surface area contributed by atoms with Gasteiger partial charge in [-0.3, -0.25) is 0 Å². The normalized spacial score (nSPS) is 31.2. The number of rotatable bonds is 2. The van der Waals surface area contributed by atoms with E-state index in [1.807, 2.05) is 6.07 Å². The van der Waals surface area contributed by atoms with Gasteiger partial charge >= 0.3 is 0 Å². The molecule has 1 aliphatic carbocycles. The van der Waals surface area contributed by atoms with Crippen molar-refractivity contribution in [3.8, 4) is 0 Å². The summed E-state index contributed by atoms with van der Waals surface area (Å²) in [5.41, 5.74) is 1.14. The predicted molar refractivity (Wildman–Crippen MR) is 64.0 cm³/mol. The smallest absolute Gasteiger partial charge is 0.0960 e. The van der Waals surface area contributed by atoms with E-state index in [1.54, 1.807) is 12.5 Å². The number of furan rings is 1. The molecule has 0 saturated heterocycles. The molecule has 0 aliphatic heterocycles. The average molecular weight is 222 g/mol. The second-order valence-electron chi connectivity index (χ2n) is 5.89. The Bertz CT molecular complexity index is 327. The Morgan fingerprint density at radius 1 is 1.50 bits per heavy atom. The van der Waals surface area contributed by atoms with Crippen LogP contribution in [0.25, 0.3) is 0 Å². The molecule has 90 valence electrons. The van der Waals surface area contributed by atoms with E-state index < -0.39 is 0 Å². The summed E-state index contributed by atoms with van der Waals surface area (Å²) in [4.78, 5) is 0. The lowest BCUT2D eigenvalue weighted by atomic mass is 9.61. The maximum absolute atomic E-state index is 10.5. The monoisotopic (exact) mass is 222 g/mol. The van der Waals surface area contributed by atoms with E-state index in [0.29, 0.717) is 11.8 Å². The third-order valence-electron chi connectivity index (χ3n) is 4.22. The van der Waals surface area contributed by atoms with E-state index in [9.17, 15) is 5.11 Å². The quantitative estimate of drug-likeness (QED) is 0.826. The summed E-state index contributed by atoms with van der Waals surface area (Å²) >= 11 is 0. The fraction of sp³-hybridized carbons (Fsp3) is 0.714. The molecule has 1 unspecified atom stereocenters. The summed E-state index contributed by atoms with van der Waals surface area (Å²) in [6.07, 6.45) is 6.63. The zero-order valence-corrected chi connectivity index (χ0v) is 10.4. The van der Waals surface area contributed by atoms with Crippen LogP contribution in [0.5, 0.6) is 0 Å². The second-order valence-corrected chi connectivity index (χ2v) is 5.89. The molecule has 1 aromatic heterocycles. The minimum absolute atomic E-state index is 0.217. The first-order chi connectivity index (χ1) is 7.52. The molecular formula is C14H22O2. The van der Waals surface area contributed by atoms with Crippen LogP contribution < -0.4 is 0 Å². The van der Waals surface area contributed by atoms with Crippen molar-refractivity contribution in [1.29, 1.82) is 0 Å². The molecule has 16 heavy (non-hydrogen) atoms. The highest BCUT2D eigenvalue weighted by Gasteiger charge is 2.41. The van der Waals surface area contributed by atoms with Crippen molar-refractivity contribution >= 4 is 0 Å². The van der Waals surface area contributed by atoms with Gasteiger partial charge < -0.3 is 9.52 Å². The molecule has 0 aromatic carbocycles. The Balaban J connectivity index is 2.23. The summed E-state index contributed by atoms with van der Waals surface area (Å²) in [7, 11) is 0. The Hall–Kier alpha value is -0.760. The van der Waals surface area contributed by atoms with E-state index in [2.05, 4.69) is 20.8 Å². The van der Waals surface area contributed by atoms with E-state index in [-0.39, 0.29) is 11.5 Å². The lowest BCUT2D eigenvalue weighted by Crippen LogP contribution is -2.37. The van der Waals surface area contributed by atoms with Crippen LogP contribution in [-0.4, -0.2) is 5.11 Å². The molecule has 0 radical (unpaired) electrons. The number of hydrogen-bond acceptors (Lipinski definition) is 2. The molecule has 1 aromatic rings. The highest BCUT2D eigenvalue weighted by molar-refractivity contribution is 5.12. The SMILES string of the molecule is C[C@H]1CCCC(C)(C)[C@@H]1C(O)c1ccoc1. The van der Waals surface area contributed by atoms with Crippen molar-refractivity contribution in [3.05, 3.63) is 24.2 Å². The molecule has 2 heteroatoms. The Morgan fingerprint density at radius 3 is 2.81 bits per heavy atom. The molecule has 1 N–H and O–H groups in total. The van der Waals surface area contributed by atoms with Crippen LogP contribution in [0.2, 0.25) is 0 Å². The van der Waals surface area contributed by atoms with Crippen molar-refractivity contribution < 1.29 is 9.52 Å². The largest absolute Gasteiger partial charge is 0.472 e. The van der Waals surface area contributed by atoms with E-state index >= 15 is 0 Å². The summed E-state index contributed by atoms with van der Waals surface area (Å²) < 4.78 is 5.07. The lowest BCUT2D eigenvalue weighted by Gasteiger charge is -2.45. The van der Waals surface area contributed by atoms with Gasteiger partial charge in [-0.15, -0.1) is 0 Å². The summed E-state index contributed by atoms with van der Waals surface area (Å²) in [6.45, 7) is 6.81. The van der Waals surface area contributed by atoms with E-state index in [4.69, 9.17) is 4.42 Å². The van der Waals surface area contributed by atoms with E-state index in [0.717, 1.165) is 5.56 Å². The second kappa shape index (κ2) is 4.25. The highest BCUT2D eigenvalue weighted by Crippen LogP contribution is 2.49. The van der Waals surface area contributed by atoms with Crippen LogP contribution in [0.4, 0.5) is 0 Å². The standard InChI is InChI=1S/C14H22O2/c1-10-5-4-7-14(2,3)12(10)13(15)11-6-8-16-9-11/h6,8-10,12-13,15H,4-5,7H2,1-3H3/t10-,12-,13?/m0/s1. The average Bonchev–Trinajstić information content (AvgIpc) is 2.68. The number of aliphatic hydroxyl groups is 1. The van der Waals surface area contributed by atoms with Crippen LogP contribution in [0, 0.1) is 17.3 Å². The van der Waals surface area contributed by atoms with Crippen molar-refractivity contribution in [2.45, 2.75) is 46.1 Å². The van der Waals surface area contributed by atoms with Gasteiger partial charge in [0.15, 0.2) is 0 Å². The van der Waals surface area contributed by atoms with Crippen LogP contribution in [-0.2, 0) is 0 Å². The lowest BCUT2D eigenvalue weighted by molar-refractivity contribution is -0.0295. The van der Waals surface area contributed by atoms with Gasteiger partial charge in [0.05, 0.1) is 18.6 Å². The molecule has 2 nitrogen and oxygen atoms in total. The van der Waals surface area contributed by atoms with Gasteiger partial charge in [-0.25, -0.2) is 0 Å². The van der Waals surface area contributed by atoms with Crippen LogP contribution in [0.15, 0.2) is 23.0 Å².